The summed E-state index contributed by atoms with van der Waals surface area (Å²) >= 11 is 10.0. The highest BCUT2D eigenvalue weighted by Gasteiger charge is 2.25. The van der Waals surface area contributed by atoms with E-state index in [9.17, 15) is 9.90 Å². The van der Waals surface area contributed by atoms with E-state index in [4.69, 9.17) is 21.4 Å². The van der Waals surface area contributed by atoms with Gasteiger partial charge in [0, 0.05) is 29.2 Å². The molecule has 2 N–H and O–H groups in total. The highest BCUT2D eigenvalue weighted by atomic mass is 79.9. The Morgan fingerprint density at radius 2 is 2.15 bits per heavy atom. The number of rotatable bonds is 5. The number of aromatic hydroxyl groups is 1. The molecule has 26 heavy (non-hydrogen) atoms. The smallest absolute Gasteiger partial charge is 0.317 e. The number of fused-ring (bicyclic) bond motifs is 1. The first-order valence-electron chi connectivity index (χ1n) is 8.21. The van der Waals surface area contributed by atoms with Crippen LogP contribution >= 0.6 is 27.5 Å². The lowest BCUT2D eigenvalue weighted by Gasteiger charge is -2.29. The summed E-state index contributed by atoms with van der Waals surface area (Å²) in [6.45, 7) is 3.22. The molecule has 1 heterocycles. The van der Waals surface area contributed by atoms with E-state index in [0.29, 0.717) is 42.5 Å². The predicted molar refractivity (Wildman–Crippen MR) is 103 cm³/mol. The second kappa shape index (κ2) is 7.86. The maximum absolute atomic E-state index is 10.9. The number of benzene rings is 2. The van der Waals surface area contributed by atoms with Crippen molar-refractivity contribution in [3.63, 3.8) is 0 Å². The number of carbonyl (C=O) groups is 1. The number of phenolic OH excluding ortho intramolecular Hbond substituents is 1. The number of hydrogen-bond donors (Lipinski definition) is 2. The molecule has 0 atom stereocenters. The Labute approximate surface area is 165 Å². The molecule has 0 aliphatic carbocycles. The van der Waals surface area contributed by atoms with Gasteiger partial charge in [-0.25, -0.2) is 0 Å². The van der Waals surface area contributed by atoms with Crippen molar-refractivity contribution in [2.24, 2.45) is 0 Å². The molecule has 1 aliphatic heterocycles. The van der Waals surface area contributed by atoms with Gasteiger partial charge in [0.05, 0.1) is 11.6 Å². The molecule has 1 aliphatic rings. The fourth-order valence-electron chi connectivity index (χ4n) is 3.12. The second-order valence-electron chi connectivity index (χ2n) is 6.33. The van der Waals surface area contributed by atoms with Crippen molar-refractivity contribution in [2.45, 2.75) is 26.5 Å². The number of carboxylic acids is 1. The van der Waals surface area contributed by atoms with E-state index in [1.807, 2.05) is 25.1 Å². The molecule has 0 unspecified atom stereocenters. The van der Waals surface area contributed by atoms with Gasteiger partial charge < -0.3 is 14.9 Å². The first kappa shape index (κ1) is 19.0. The van der Waals surface area contributed by atoms with Crippen molar-refractivity contribution < 1.29 is 19.7 Å². The second-order valence-corrected chi connectivity index (χ2v) is 7.56. The molecular weight excluding hydrogens is 422 g/mol. The van der Waals surface area contributed by atoms with E-state index in [1.165, 1.54) is 6.07 Å². The third kappa shape index (κ3) is 3.98. The van der Waals surface area contributed by atoms with E-state index in [0.717, 1.165) is 21.2 Å². The number of nitrogens with zero attached hydrogens (tertiary/aromatic N) is 1. The van der Waals surface area contributed by atoms with Crippen LogP contribution in [0.25, 0.3) is 0 Å². The SMILES string of the molecule is Cc1c(Br)cccc1COc1cc(O)c2c(c1Cl)CCN(CC(=O)O)C2. The Balaban J connectivity index is 1.81. The molecule has 0 saturated heterocycles. The summed E-state index contributed by atoms with van der Waals surface area (Å²) in [7, 11) is 0. The summed E-state index contributed by atoms with van der Waals surface area (Å²) in [5.41, 5.74) is 3.62. The summed E-state index contributed by atoms with van der Waals surface area (Å²) in [4.78, 5) is 12.7. The molecular formula is C19H19BrClNO4. The van der Waals surface area contributed by atoms with Crippen molar-refractivity contribution >= 4 is 33.5 Å². The van der Waals surface area contributed by atoms with Crippen LogP contribution in [0.1, 0.15) is 22.3 Å². The van der Waals surface area contributed by atoms with Crippen LogP contribution in [-0.4, -0.2) is 34.2 Å². The summed E-state index contributed by atoms with van der Waals surface area (Å²) in [5.74, 6) is -0.363. The van der Waals surface area contributed by atoms with Crippen molar-refractivity contribution in [3.05, 3.63) is 56.0 Å². The van der Waals surface area contributed by atoms with Gasteiger partial charge in [0.25, 0.3) is 0 Å². The molecule has 0 amide bonds. The van der Waals surface area contributed by atoms with Crippen molar-refractivity contribution in [1.82, 2.24) is 4.90 Å². The zero-order valence-electron chi connectivity index (χ0n) is 14.3. The van der Waals surface area contributed by atoms with E-state index in [1.54, 1.807) is 4.90 Å². The molecule has 0 bridgehead atoms. The van der Waals surface area contributed by atoms with Gasteiger partial charge in [0.2, 0.25) is 0 Å². The molecule has 0 fully saturated rings. The van der Waals surface area contributed by atoms with E-state index in [-0.39, 0.29) is 12.3 Å². The lowest BCUT2D eigenvalue weighted by molar-refractivity contribution is -0.138. The first-order valence-corrected chi connectivity index (χ1v) is 9.38. The average Bonchev–Trinajstić information content (AvgIpc) is 2.59. The Morgan fingerprint density at radius 3 is 2.88 bits per heavy atom. The van der Waals surface area contributed by atoms with Crippen LogP contribution in [0.2, 0.25) is 5.02 Å². The van der Waals surface area contributed by atoms with Gasteiger partial charge in [-0.15, -0.1) is 0 Å². The summed E-state index contributed by atoms with van der Waals surface area (Å²) in [6.07, 6.45) is 0.572. The minimum absolute atomic E-state index is 0.0586. The maximum atomic E-state index is 10.9. The molecule has 5 nitrogen and oxygen atoms in total. The molecule has 2 aromatic rings. The number of phenols is 1. The molecule has 138 valence electrons. The number of carboxylic acid groups (broad SMARTS) is 1. The van der Waals surface area contributed by atoms with Crippen molar-refractivity contribution in [3.8, 4) is 11.5 Å². The van der Waals surface area contributed by atoms with Gasteiger partial charge in [0.1, 0.15) is 18.1 Å². The van der Waals surface area contributed by atoms with Gasteiger partial charge in [-0.1, -0.05) is 39.7 Å². The third-order valence-electron chi connectivity index (χ3n) is 4.60. The zero-order valence-corrected chi connectivity index (χ0v) is 16.6. The number of ether oxygens (including phenoxy) is 1. The largest absolute Gasteiger partial charge is 0.507 e. The quantitative estimate of drug-likeness (QED) is 0.731. The fourth-order valence-corrected chi connectivity index (χ4v) is 3.84. The van der Waals surface area contributed by atoms with Gasteiger partial charge in [-0.2, -0.15) is 0 Å². The number of aliphatic carboxylic acids is 1. The maximum Gasteiger partial charge on any atom is 0.317 e. The van der Waals surface area contributed by atoms with Crippen LogP contribution in [0, 0.1) is 6.92 Å². The topological polar surface area (TPSA) is 70.0 Å². The normalized spacial score (nSPS) is 14.1. The van der Waals surface area contributed by atoms with Crippen LogP contribution in [0.3, 0.4) is 0 Å². The Bertz CT molecular complexity index is 856. The highest BCUT2D eigenvalue weighted by molar-refractivity contribution is 9.10. The Morgan fingerprint density at radius 1 is 1.38 bits per heavy atom. The lowest BCUT2D eigenvalue weighted by Crippen LogP contribution is -2.35. The van der Waals surface area contributed by atoms with E-state index >= 15 is 0 Å². The van der Waals surface area contributed by atoms with E-state index in [2.05, 4.69) is 15.9 Å². The summed E-state index contributed by atoms with van der Waals surface area (Å²) in [6, 6.07) is 7.41. The minimum atomic E-state index is -0.886. The molecule has 0 radical (unpaired) electrons. The van der Waals surface area contributed by atoms with Gasteiger partial charge in [-0.3, -0.25) is 9.69 Å². The van der Waals surface area contributed by atoms with Crippen LogP contribution in [-0.2, 0) is 24.4 Å². The lowest BCUT2D eigenvalue weighted by atomic mass is 9.98. The number of halogens is 2. The molecule has 3 rings (SSSR count). The Kier molecular flexibility index (Phi) is 5.75. The zero-order chi connectivity index (χ0) is 18.8. The third-order valence-corrected chi connectivity index (χ3v) is 5.88. The Hall–Kier alpha value is -1.76. The van der Waals surface area contributed by atoms with Gasteiger partial charge in [-0.05, 0) is 36.1 Å². The predicted octanol–water partition coefficient (Wildman–Crippen LogP) is 4.14. The molecule has 2 aromatic carbocycles. The fraction of sp³-hybridized carbons (Fsp3) is 0.316. The summed E-state index contributed by atoms with van der Waals surface area (Å²) in [5, 5.41) is 19.8. The monoisotopic (exact) mass is 439 g/mol. The van der Waals surface area contributed by atoms with E-state index < -0.39 is 5.97 Å². The first-order chi connectivity index (χ1) is 12.4. The highest BCUT2D eigenvalue weighted by Crippen LogP contribution is 2.40. The van der Waals surface area contributed by atoms with Gasteiger partial charge >= 0.3 is 5.97 Å². The standard InChI is InChI=1S/C19H19BrClNO4/c1-11-12(3-2-4-15(11)20)10-26-17-7-16(23)14-8-22(9-18(24)25)6-5-13(14)19(17)21/h2-4,7,23H,5-6,8-10H2,1H3,(H,24,25). The van der Waals surface area contributed by atoms with Crippen LogP contribution in [0.5, 0.6) is 11.5 Å². The summed E-state index contributed by atoms with van der Waals surface area (Å²) < 4.78 is 6.89. The van der Waals surface area contributed by atoms with Gasteiger partial charge in [0.15, 0.2) is 0 Å². The average molecular weight is 441 g/mol. The molecule has 7 heteroatoms. The van der Waals surface area contributed by atoms with Crippen molar-refractivity contribution in [2.75, 3.05) is 13.1 Å². The van der Waals surface area contributed by atoms with Crippen LogP contribution < -0.4 is 4.74 Å². The minimum Gasteiger partial charge on any atom is -0.507 e. The molecule has 0 aromatic heterocycles. The van der Waals surface area contributed by atoms with Crippen molar-refractivity contribution in [1.29, 1.82) is 0 Å². The molecule has 0 saturated carbocycles. The molecule has 0 spiro atoms. The van der Waals surface area contributed by atoms with Crippen LogP contribution in [0.4, 0.5) is 0 Å². The van der Waals surface area contributed by atoms with Crippen LogP contribution in [0.15, 0.2) is 28.7 Å². The number of hydrogen-bond acceptors (Lipinski definition) is 4.